The van der Waals surface area contributed by atoms with Crippen molar-refractivity contribution in [3.8, 4) is 0 Å². The van der Waals surface area contributed by atoms with Crippen LogP contribution in [-0.4, -0.2) is 65.4 Å². The second kappa shape index (κ2) is 16.0. The van der Waals surface area contributed by atoms with Gasteiger partial charge in [0, 0.05) is 39.1 Å². The third-order valence-corrected chi connectivity index (χ3v) is 5.69. The van der Waals surface area contributed by atoms with Crippen LogP contribution in [0.4, 0.5) is 11.6 Å². The van der Waals surface area contributed by atoms with E-state index in [1.54, 1.807) is 0 Å². The second-order valence-electron chi connectivity index (χ2n) is 8.06. The number of aromatic nitrogens is 2. The van der Waals surface area contributed by atoms with Gasteiger partial charge in [0.05, 0.1) is 0 Å². The highest BCUT2D eigenvalue weighted by molar-refractivity contribution is 6.31. The summed E-state index contributed by atoms with van der Waals surface area (Å²) in [7, 11) is 0. The fourth-order valence-electron chi connectivity index (χ4n) is 3.54. The van der Waals surface area contributed by atoms with Crippen LogP contribution < -0.4 is 27.8 Å². The molecule has 2 amide bonds. The number of carbonyl (C=O) groups excluding carboxylic acids is 2. The molecule has 1 aliphatic rings. The number of halogens is 1. The zero-order valence-corrected chi connectivity index (χ0v) is 19.9. The Morgan fingerprint density at radius 1 is 0.971 bits per heavy atom. The Kier molecular flexibility index (Phi) is 13.9. The quantitative estimate of drug-likeness (QED) is 0.165. The summed E-state index contributed by atoms with van der Waals surface area (Å²) in [5, 5.41) is 5.58. The molecule has 0 atom stereocenters. The van der Waals surface area contributed by atoms with Crippen LogP contribution in [-0.2, 0) is 4.79 Å². The number of guanidine groups is 1. The smallest absolute Gasteiger partial charge is 0.280 e. The zero-order valence-electron chi connectivity index (χ0n) is 19.1. The molecule has 1 fully saturated rings. The molecular formula is C22H40ClN9O2. The average Bonchev–Trinajstić information content (AvgIpc) is 2.80. The first-order valence-electron chi connectivity index (χ1n) is 11.6. The molecule has 0 bridgehead atoms. The van der Waals surface area contributed by atoms with Crippen molar-refractivity contribution in [1.82, 2.24) is 25.5 Å². The van der Waals surface area contributed by atoms with E-state index in [1.807, 2.05) is 4.90 Å². The maximum Gasteiger partial charge on any atom is 0.280 e. The van der Waals surface area contributed by atoms with Crippen molar-refractivity contribution < 1.29 is 9.59 Å². The van der Waals surface area contributed by atoms with Crippen molar-refractivity contribution in [2.24, 2.45) is 10.7 Å². The summed E-state index contributed by atoms with van der Waals surface area (Å²) in [5.41, 5.74) is 16.7. The molecule has 8 N–H and O–H groups in total. The van der Waals surface area contributed by atoms with Gasteiger partial charge in [-0.15, -0.1) is 0 Å². The number of amides is 2. The molecule has 1 aromatic rings. The Hall–Kier alpha value is -2.66. The molecule has 1 aromatic heterocycles. The molecule has 1 saturated heterocycles. The summed E-state index contributed by atoms with van der Waals surface area (Å²) in [6.45, 7) is 4.00. The van der Waals surface area contributed by atoms with Crippen LogP contribution in [0.5, 0.6) is 0 Å². The lowest BCUT2D eigenvalue weighted by molar-refractivity contribution is -0.131. The average molecular weight is 498 g/mol. The van der Waals surface area contributed by atoms with Gasteiger partial charge in [-0.05, 0) is 12.8 Å². The summed E-state index contributed by atoms with van der Waals surface area (Å²) >= 11 is 5.77. The maximum atomic E-state index is 12.2. The van der Waals surface area contributed by atoms with E-state index in [1.165, 1.54) is 6.42 Å². The topological polar surface area (TPSA) is 178 Å². The molecule has 192 valence electrons. The number of rotatable bonds is 12. The number of anilines is 2. The number of hydrogen-bond donors (Lipinski definition) is 5. The predicted octanol–water partition coefficient (Wildman–Crippen LogP) is 1.92. The van der Waals surface area contributed by atoms with E-state index in [0.29, 0.717) is 18.9 Å². The first kappa shape index (κ1) is 29.4. The Bertz CT molecular complexity index is 814. The molecule has 34 heavy (non-hydrogen) atoms. The molecular weight excluding hydrogens is 458 g/mol. The molecule has 0 radical (unpaired) electrons. The van der Waals surface area contributed by atoms with Gasteiger partial charge in [0.2, 0.25) is 5.91 Å². The molecule has 0 unspecified atom stereocenters. The van der Waals surface area contributed by atoms with Gasteiger partial charge in [0.15, 0.2) is 28.4 Å². The van der Waals surface area contributed by atoms with E-state index < -0.39 is 5.91 Å². The van der Waals surface area contributed by atoms with E-state index in [-0.39, 0.29) is 35.9 Å². The number of nitrogens with one attached hydrogen (secondary N) is 2. The molecule has 0 aromatic carbocycles. The van der Waals surface area contributed by atoms with Crippen LogP contribution in [0, 0.1) is 0 Å². The maximum absolute atomic E-state index is 12.2. The van der Waals surface area contributed by atoms with Gasteiger partial charge in [-0.2, -0.15) is 0 Å². The number of hydrogen-bond acceptors (Lipinski definition) is 8. The molecule has 0 saturated carbocycles. The largest absolute Gasteiger partial charge is 0.382 e. The Morgan fingerprint density at radius 3 is 2.21 bits per heavy atom. The lowest BCUT2D eigenvalue weighted by Crippen LogP contribution is -2.46. The van der Waals surface area contributed by atoms with Crippen LogP contribution in [0.15, 0.2) is 4.99 Å². The van der Waals surface area contributed by atoms with Gasteiger partial charge in [-0.25, -0.2) is 9.97 Å². The lowest BCUT2D eigenvalue weighted by Gasteiger charge is -2.27. The van der Waals surface area contributed by atoms with E-state index in [4.69, 9.17) is 28.8 Å². The molecule has 12 heteroatoms. The standard InChI is InChI=1S/C21H36ClN9O2.CH4/c22-17-19(24)29-18(23)16(28-17)20(33)30-21(25)27-10-8-6-4-2-1-3-5-7-9-15(32)31-13-11-26-12-14-31;/h26H,1-14H2,(H4,23,24,29)(H3,25,27,30,33);1H4. The normalized spacial score (nSPS) is 13.9. The predicted molar refractivity (Wildman–Crippen MR) is 138 cm³/mol. The zero-order chi connectivity index (χ0) is 24.1. The number of carbonyl (C=O) groups is 2. The fourth-order valence-corrected chi connectivity index (χ4v) is 3.67. The van der Waals surface area contributed by atoms with E-state index in [0.717, 1.165) is 71.1 Å². The summed E-state index contributed by atoms with van der Waals surface area (Å²) in [6, 6.07) is 0. The van der Waals surface area contributed by atoms with Gasteiger partial charge in [-0.1, -0.05) is 57.6 Å². The first-order valence-corrected chi connectivity index (χ1v) is 11.9. The number of nitrogens with two attached hydrogens (primary N) is 3. The number of nitrogen functional groups attached to an aromatic ring is 2. The van der Waals surface area contributed by atoms with Gasteiger partial charge >= 0.3 is 0 Å². The Balaban J connectivity index is 0.00000578. The van der Waals surface area contributed by atoms with Crippen molar-refractivity contribution in [2.45, 2.75) is 65.2 Å². The third-order valence-electron chi connectivity index (χ3n) is 5.41. The Labute approximate surface area is 207 Å². The van der Waals surface area contributed by atoms with Gasteiger partial charge in [0.1, 0.15) is 0 Å². The molecule has 11 nitrogen and oxygen atoms in total. The van der Waals surface area contributed by atoms with Crippen LogP contribution >= 0.6 is 11.6 Å². The summed E-state index contributed by atoms with van der Waals surface area (Å²) in [6.07, 6.45) is 9.29. The number of unbranched alkanes of at least 4 members (excludes halogenated alkanes) is 7. The lowest BCUT2D eigenvalue weighted by atomic mass is 10.1. The van der Waals surface area contributed by atoms with Gasteiger partial charge in [-0.3, -0.25) is 19.9 Å². The SMILES string of the molecule is C.NC(=NCCCCCCCCCCC(=O)N1CCNCC1)NC(=O)c1nc(Cl)c(N)nc1N. The molecule has 0 aliphatic carbocycles. The fraction of sp³-hybridized carbons (Fsp3) is 0.682. The first-order chi connectivity index (χ1) is 15.9. The summed E-state index contributed by atoms with van der Waals surface area (Å²) < 4.78 is 0. The van der Waals surface area contributed by atoms with E-state index >= 15 is 0 Å². The number of piperazine rings is 1. The van der Waals surface area contributed by atoms with Gasteiger partial charge in [0.25, 0.3) is 5.91 Å². The Morgan fingerprint density at radius 2 is 1.56 bits per heavy atom. The van der Waals surface area contributed by atoms with Crippen molar-refractivity contribution in [3.63, 3.8) is 0 Å². The van der Waals surface area contributed by atoms with Crippen molar-refractivity contribution >= 4 is 41.0 Å². The van der Waals surface area contributed by atoms with Crippen LogP contribution in [0.3, 0.4) is 0 Å². The van der Waals surface area contributed by atoms with E-state index in [9.17, 15) is 9.59 Å². The minimum atomic E-state index is -0.641. The highest BCUT2D eigenvalue weighted by Crippen LogP contribution is 2.17. The molecule has 2 rings (SSSR count). The molecule has 2 heterocycles. The van der Waals surface area contributed by atoms with Crippen molar-refractivity contribution in [3.05, 3.63) is 10.8 Å². The molecule has 0 spiro atoms. The minimum absolute atomic E-state index is 0. The van der Waals surface area contributed by atoms with Crippen molar-refractivity contribution in [1.29, 1.82) is 0 Å². The van der Waals surface area contributed by atoms with Crippen LogP contribution in [0.25, 0.3) is 0 Å². The summed E-state index contributed by atoms with van der Waals surface area (Å²) in [5.74, 6) is -0.537. The van der Waals surface area contributed by atoms with Crippen molar-refractivity contribution in [2.75, 3.05) is 44.2 Å². The van der Waals surface area contributed by atoms with E-state index in [2.05, 4.69) is 25.6 Å². The number of aliphatic imine (C=N–C) groups is 1. The van der Waals surface area contributed by atoms with Gasteiger partial charge < -0.3 is 27.4 Å². The van der Waals surface area contributed by atoms with Crippen LogP contribution in [0.1, 0.15) is 75.7 Å². The summed E-state index contributed by atoms with van der Waals surface area (Å²) in [4.78, 5) is 37.9. The molecule has 1 aliphatic heterocycles. The number of nitrogens with zero attached hydrogens (tertiary/aromatic N) is 4. The third kappa shape index (κ3) is 10.5. The second-order valence-corrected chi connectivity index (χ2v) is 8.42. The highest BCUT2D eigenvalue weighted by atomic mass is 35.5. The monoisotopic (exact) mass is 497 g/mol. The van der Waals surface area contributed by atoms with Crippen LogP contribution in [0.2, 0.25) is 5.15 Å². The minimum Gasteiger partial charge on any atom is -0.382 e. The highest BCUT2D eigenvalue weighted by Gasteiger charge is 2.17.